The molecule has 3 aliphatic heterocycles. The molecule has 1 saturated heterocycles. The smallest absolute Gasteiger partial charge is 0.209 e. The van der Waals surface area contributed by atoms with Gasteiger partial charge in [-0.2, -0.15) is 0 Å². The van der Waals surface area contributed by atoms with Gasteiger partial charge in [0.15, 0.2) is 0 Å². The van der Waals surface area contributed by atoms with Crippen molar-refractivity contribution in [2.75, 3.05) is 32.6 Å². The molecule has 1 aromatic carbocycles. The molecule has 28 heavy (non-hydrogen) atoms. The highest BCUT2D eigenvalue weighted by Crippen LogP contribution is 2.38. The number of sulfonamides is 1. The van der Waals surface area contributed by atoms with Crippen LogP contribution in [0.2, 0.25) is 0 Å². The zero-order valence-electron chi connectivity index (χ0n) is 16.7. The first-order valence-electron chi connectivity index (χ1n) is 10.5. The van der Waals surface area contributed by atoms with Gasteiger partial charge in [-0.15, -0.1) is 0 Å². The SMILES string of the molecule is CS(=O)(=O)N[C@H]1CCCN2CCOc3ccccc3C3CCC(CC3)OC[C@@H]12. The van der Waals surface area contributed by atoms with Gasteiger partial charge in [0.25, 0.3) is 0 Å². The predicted molar refractivity (Wildman–Crippen MR) is 109 cm³/mol. The lowest BCUT2D eigenvalue weighted by atomic mass is 9.82. The molecule has 2 bridgehead atoms. The third-order valence-electron chi connectivity index (χ3n) is 6.43. The minimum absolute atomic E-state index is 0.0563. The van der Waals surface area contributed by atoms with E-state index >= 15 is 0 Å². The first kappa shape index (κ1) is 20.1. The summed E-state index contributed by atoms with van der Waals surface area (Å²) >= 11 is 0. The molecule has 3 heterocycles. The van der Waals surface area contributed by atoms with Crippen LogP contribution in [0, 0.1) is 0 Å². The zero-order valence-corrected chi connectivity index (χ0v) is 17.5. The fraction of sp³-hybridized carbons (Fsp3) is 0.714. The monoisotopic (exact) mass is 408 g/mol. The number of nitrogens with one attached hydrogen (secondary N) is 1. The van der Waals surface area contributed by atoms with Crippen molar-refractivity contribution in [3.63, 3.8) is 0 Å². The van der Waals surface area contributed by atoms with Crippen LogP contribution in [0.4, 0.5) is 0 Å². The van der Waals surface area contributed by atoms with Crippen molar-refractivity contribution in [3.05, 3.63) is 29.8 Å². The van der Waals surface area contributed by atoms with E-state index in [1.807, 2.05) is 6.07 Å². The Labute approximate surface area is 168 Å². The van der Waals surface area contributed by atoms with Gasteiger partial charge in [0.1, 0.15) is 12.4 Å². The largest absolute Gasteiger partial charge is 0.492 e. The molecule has 2 fully saturated rings. The lowest BCUT2D eigenvalue weighted by Gasteiger charge is -2.41. The molecule has 156 valence electrons. The molecule has 2 atom stereocenters. The highest BCUT2D eigenvalue weighted by Gasteiger charge is 2.35. The van der Waals surface area contributed by atoms with Gasteiger partial charge in [-0.25, -0.2) is 13.1 Å². The van der Waals surface area contributed by atoms with Gasteiger partial charge in [-0.1, -0.05) is 18.2 Å². The van der Waals surface area contributed by atoms with Crippen molar-refractivity contribution in [2.45, 2.75) is 62.6 Å². The zero-order chi connectivity index (χ0) is 19.6. The van der Waals surface area contributed by atoms with Crippen LogP contribution in [0.1, 0.15) is 50.0 Å². The number of hydrogen-bond acceptors (Lipinski definition) is 5. The molecule has 0 unspecified atom stereocenters. The molecule has 7 heteroatoms. The Morgan fingerprint density at radius 1 is 1.07 bits per heavy atom. The molecule has 1 aromatic rings. The van der Waals surface area contributed by atoms with Gasteiger partial charge in [0.2, 0.25) is 10.0 Å². The van der Waals surface area contributed by atoms with Crippen LogP contribution in [-0.4, -0.2) is 64.1 Å². The summed E-state index contributed by atoms with van der Waals surface area (Å²) in [6.07, 6.45) is 7.68. The Bertz CT molecular complexity index is 761. The Morgan fingerprint density at radius 3 is 2.64 bits per heavy atom. The third-order valence-corrected chi connectivity index (χ3v) is 7.16. The normalized spacial score (nSPS) is 32.2. The molecule has 1 N–H and O–H groups in total. The molecule has 1 saturated carbocycles. The highest BCUT2D eigenvalue weighted by molar-refractivity contribution is 7.88. The summed E-state index contributed by atoms with van der Waals surface area (Å²) in [5.41, 5.74) is 1.33. The first-order valence-corrected chi connectivity index (χ1v) is 12.4. The van der Waals surface area contributed by atoms with Gasteiger partial charge in [-0.3, -0.25) is 4.90 Å². The second kappa shape index (κ2) is 8.69. The summed E-state index contributed by atoms with van der Waals surface area (Å²) in [6.45, 7) is 2.92. The van der Waals surface area contributed by atoms with Crippen LogP contribution < -0.4 is 9.46 Å². The lowest BCUT2D eigenvalue weighted by molar-refractivity contribution is -0.0284. The van der Waals surface area contributed by atoms with E-state index in [-0.39, 0.29) is 18.2 Å². The Kier molecular flexibility index (Phi) is 6.25. The number of rotatable bonds is 2. The summed E-state index contributed by atoms with van der Waals surface area (Å²) in [5, 5.41) is 0. The van der Waals surface area contributed by atoms with Crippen LogP contribution in [-0.2, 0) is 14.8 Å². The summed E-state index contributed by atoms with van der Waals surface area (Å²) < 4.78 is 39.1. The van der Waals surface area contributed by atoms with E-state index in [1.165, 1.54) is 11.8 Å². The minimum Gasteiger partial charge on any atom is -0.492 e. The summed E-state index contributed by atoms with van der Waals surface area (Å²) in [5.74, 6) is 1.55. The quantitative estimate of drug-likeness (QED) is 0.814. The summed E-state index contributed by atoms with van der Waals surface area (Å²) in [6, 6.07) is 8.39. The Hall–Kier alpha value is -1.15. The molecule has 0 radical (unpaired) electrons. The van der Waals surface area contributed by atoms with Gasteiger partial charge < -0.3 is 9.47 Å². The van der Waals surface area contributed by atoms with Crippen molar-refractivity contribution in [1.29, 1.82) is 0 Å². The third kappa shape index (κ3) is 4.87. The van der Waals surface area contributed by atoms with E-state index in [0.29, 0.717) is 19.1 Å². The van der Waals surface area contributed by atoms with Crippen LogP contribution in [0.5, 0.6) is 5.75 Å². The number of piperidine rings is 1. The first-order chi connectivity index (χ1) is 13.5. The van der Waals surface area contributed by atoms with Gasteiger partial charge in [0, 0.05) is 18.6 Å². The molecule has 1 aliphatic carbocycles. The average Bonchev–Trinajstić information content (AvgIpc) is 2.69. The summed E-state index contributed by atoms with van der Waals surface area (Å²) in [7, 11) is -3.25. The second-order valence-electron chi connectivity index (χ2n) is 8.44. The van der Waals surface area contributed by atoms with Crippen LogP contribution in [0.15, 0.2) is 24.3 Å². The molecule has 0 spiro atoms. The van der Waals surface area contributed by atoms with E-state index in [2.05, 4.69) is 27.8 Å². The van der Waals surface area contributed by atoms with Crippen molar-refractivity contribution >= 4 is 10.0 Å². The van der Waals surface area contributed by atoms with E-state index in [9.17, 15) is 8.42 Å². The molecule has 0 aromatic heterocycles. The fourth-order valence-electron chi connectivity index (χ4n) is 5.04. The van der Waals surface area contributed by atoms with Crippen LogP contribution in [0.25, 0.3) is 0 Å². The molecular weight excluding hydrogens is 376 g/mol. The molecule has 6 nitrogen and oxygen atoms in total. The average molecular weight is 409 g/mol. The van der Waals surface area contributed by atoms with Crippen molar-refractivity contribution in [1.82, 2.24) is 9.62 Å². The number of ether oxygens (including phenoxy) is 2. The Balaban J connectivity index is 1.55. The van der Waals surface area contributed by atoms with E-state index in [4.69, 9.17) is 9.47 Å². The number of hydrogen-bond donors (Lipinski definition) is 1. The molecular formula is C21H32N2O4S. The maximum Gasteiger partial charge on any atom is 0.209 e. The van der Waals surface area contributed by atoms with Gasteiger partial charge >= 0.3 is 0 Å². The van der Waals surface area contributed by atoms with E-state index in [1.54, 1.807) is 0 Å². The minimum atomic E-state index is -3.25. The number of nitrogens with zero attached hydrogens (tertiary/aromatic N) is 1. The molecule has 5 rings (SSSR count). The van der Waals surface area contributed by atoms with E-state index in [0.717, 1.165) is 57.4 Å². The molecule has 4 aliphatic rings. The lowest BCUT2D eigenvalue weighted by Crippen LogP contribution is -2.58. The van der Waals surface area contributed by atoms with Crippen LogP contribution >= 0.6 is 0 Å². The van der Waals surface area contributed by atoms with Gasteiger partial charge in [0.05, 0.1) is 19.0 Å². The number of para-hydroxylation sites is 1. The van der Waals surface area contributed by atoms with Crippen LogP contribution in [0.3, 0.4) is 0 Å². The van der Waals surface area contributed by atoms with Crippen molar-refractivity contribution in [3.8, 4) is 5.75 Å². The highest BCUT2D eigenvalue weighted by atomic mass is 32.2. The second-order valence-corrected chi connectivity index (χ2v) is 10.2. The van der Waals surface area contributed by atoms with E-state index < -0.39 is 10.0 Å². The Morgan fingerprint density at radius 2 is 1.86 bits per heavy atom. The molecule has 0 amide bonds. The topological polar surface area (TPSA) is 67.9 Å². The fourth-order valence-corrected chi connectivity index (χ4v) is 5.86. The maximum atomic E-state index is 11.9. The van der Waals surface area contributed by atoms with Crippen molar-refractivity contribution < 1.29 is 17.9 Å². The maximum absolute atomic E-state index is 11.9. The standard InChI is InChI=1S/C21H32N2O4S/c1-28(24,25)22-19-6-4-12-23-13-14-26-21-7-3-2-5-18(21)16-8-10-17(11-9-16)27-15-20(19)23/h2-3,5,7,16-17,19-20,22H,4,6,8-15H2,1H3/t16?,17?,19-,20-/m0/s1. The number of fused-ring (bicyclic) bond motifs is 5. The number of benzene rings is 1. The summed E-state index contributed by atoms with van der Waals surface area (Å²) in [4.78, 5) is 2.35. The van der Waals surface area contributed by atoms with Crippen molar-refractivity contribution in [2.24, 2.45) is 0 Å². The predicted octanol–water partition coefficient (Wildman–Crippen LogP) is 2.50. The van der Waals surface area contributed by atoms with Gasteiger partial charge in [-0.05, 0) is 62.6 Å².